The lowest BCUT2D eigenvalue weighted by Gasteiger charge is -2.31. The molecule has 0 bridgehead atoms. The molecule has 0 aromatic heterocycles. The van der Waals surface area contributed by atoms with Crippen LogP contribution in [0.3, 0.4) is 0 Å². The highest BCUT2D eigenvalue weighted by molar-refractivity contribution is 5.77. The van der Waals surface area contributed by atoms with Gasteiger partial charge in [0, 0.05) is 19.2 Å². The Morgan fingerprint density at radius 2 is 2.23 bits per heavy atom. The molecule has 9 heteroatoms. The van der Waals surface area contributed by atoms with Crippen LogP contribution in [0.25, 0.3) is 0 Å². The lowest BCUT2D eigenvalue weighted by molar-refractivity contribution is -0.384. The maximum Gasteiger partial charge on any atom is 0.273 e. The minimum atomic E-state index is -0.518. The molecule has 1 aromatic rings. The van der Waals surface area contributed by atoms with E-state index in [1.54, 1.807) is 6.07 Å². The SMILES string of the molecule is NC(=O)C1CCCN(CCCNC(=O)COc2cccc([N+](=O)[O-])c2)C1. The Morgan fingerprint density at radius 3 is 2.96 bits per heavy atom. The Morgan fingerprint density at radius 1 is 1.42 bits per heavy atom. The number of nitrogens with one attached hydrogen (secondary N) is 1. The zero-order valence-electron chi connectivity index (χ0n) is 14.6. The third-order valence-electron chi connectivity index (χ3n) is 4.28. The van der Waals surface area contributed by atoms with E-state index in [9.17, 15) is 19.7 Å². The highest BCUT2D eigenvalue weighted by Crippen LogP contribution is 2.19. The molecule has 3 N–H and O–H groups in total. The van der Waals surface area contributed by atoms with Gasteiger partial charge in [-0.3, -0.25) is 19.7 Å². The molecule has 0 saturated carbocycles. The van der Waals surface area contributed by atoms with Crippen LogP contribution in [0.4, 0.5) is 5.69 Å². The highest BCUT2D eigenvalue weighted by atomic mass is 16.6. The summed E-state index contributed by atoms with van der Waals surface area (Å²) < 4.78 is 5.27. The first-order valence-electron chi connectivity index (χ1n) is 8.61. The van der Waals surface area contributed by atoms with Gasteiger partial charge in [-0.1, -0.05) is 6.07 Å². The Hall–Kier alpha value is -2.68. The molecule has 1 heterocycles. The number of carbonyl (C=O) groups excluding carboxylic acids is 2. The van der Waals surface area contributed by atoms with Gasteiger partial charge in [0.1, 0.15) is 5.75 Å². The van der Waals surface area contributed by atoms with Crippen LogP contribution in [0.2, 0.25) is 0 Å². The number of nitrogens with zero attached hydrogens (tertiary/aromatic N) is 2. The fourth-order valence-electron chi connectivity index (χ4n) is 2.91. The summed E-state index contributed by atoms with van der Waals surface area (Å²) >= 11 is 0. The molecule has 2 amide bonds. The molecule has 142 valence electrons. The molecule has 1 saturated heterocycles. The monoisotopic (exact) mass is 364 g/mol. The number of benzene rings is 1. The number of primary amides is 1. The second kappa shape index (κ2) is 9.71. The van der Waals surface area contributed by atoms with Crippen molar-refractivity contribution in [2.45, 2.75) is 19.3 Å². The van der Waals surface area contributed by atoms with Gasteiger partial charge in [0.05, 0.1) is 16.9 Å². The number of nitro groups is 1. The van der Waals surface area contributed by atoms with Crippen molar-refractivity contribution < 1.29 is 19.2 Å². The summed E-state index contributed by atoms with van der Waals surface area (Å²) in [7, 11) is 0. The third kappa shape index (κ3) is 6.32. The quantitative estimate of drug-likeness (QED) is 0.377. The standard InChI is InChI=1S/C17H24N4O5/c18-17(23)13-4-2-8-20(11-13)9-3-7-19-16(22)12-26-15-6-1-5-14(10-15)21(24)25/h1,5-6,10,13H,2-4,7-9,11-12H2,(H2,18,23)(H,19,22). The summed E-state index contributed by atoms with van der Waals surface area (Å²) in [5.74, 6) is -0.340. The van der Waals surface area contributed by atoms with Gasteiger partial charge in [0.2, 0.25) is 5.91 Å². The van der Waals surface area contributed by atoms with Crippen LogP contribution in [0.5, 0.6) is 5.75 Å². The lowest BCUT2D eigenvalue weighted by atomic mass is 9.97. The summed E-state index contributed by atoms with van der Waals surface area (Å²) in [6, 6.07) is 5.70. The topological polar surface area (TPSA) is 128 Å². The summed E-state index contributed by atoms with van der Waals surface area (Å²) in [6.45, 7) is 2.70. The first kappa shape index (κ1) is 19.6. The van der Waals surface area contributed by atoms with E-state index in [-0.39, 0.29) is 35.8 Å². The fourth-order valence-corrected chi connectivity index (χ4v) is 2.91. The maximum atomic E-state index is 11.8. The van der Waals surface area contributed by atoms with Crippen molar-refractivity contribution >= 4 is 17.5 Å². The number of nitrogens with two attached hydrogens (primary N) is 1. The number of hydrogen-bond donors (Lipinski definition) is 2. The van der Waals surface area contributed by atoms with E-state index >= 15 is 0 Å². The molecular weight excluding hydrogens is 340 g/mol. The summed E-state index contributed by atoms with van der Waals surface area (Å²) in [5, 5.41) is 13.4. The average molecular weight is 364 g/mol. The molecule has 1 aliphatic heterocycles. The van der Waals surface area contributed by atoms with Crippen molar-refractivity contribution in [2.24, 2.45) is 11.7 Å². The van der Waals surface area contributed by atoms with Crippen LogP contribution >= 0.6 is 0 Å². The van der Waals surface area contributed by atoms with E-state index in [1.807, 2.05) is 0 Å². The normalized spacial score (nSPS) is 17.5. The van der Waals surface area contributed by atoms with E-state index in [0.29, 0.717) is 13.1 Å². The van der Waals surface area contributed by atoms with Crippen molar-refractivity contribution in [3.8, 4) is 5.75 Å². The van der Waals surface area contributed by atoms with E-state index in [2.05, 4.69) is 10.2 Å². The van der Waals surface area contributed by atoms with E-state index in [1.165, 1.54) is 18.2 Å². The van der Waals surface area contributed by atoms with Crippen molar-refractivity contribution in [3.05, 3.63) is 34.4 Å². The number of amides is 2. The number of ether oxygens (including phenoxy) is 1. The van der Waals surface area contributed by atoms with Gasteiger partial charge >= 0.3 is 0 Å². The van der Waals surface area contributed by atoms with E-state index in [0.717, 1.165) is 32.4 Å². The van der Waals surface area contributed by atoms with Gasteiger partial charge in [0.25, 0.3) is 11.6 Å². The van der Waals surface area contributed by atoms with Gasteiger partial charge in [-0.25, -0.2) is 0 Å². The zero-order valence-corrected chi connectivity index (χ0v) is 14.6. The number of piperidine rings is 1. The van der Waals surface area contributed by atoms with Gasteiger partial charge < -0.3 is 20.7 Å². The number of hydrogen-bond acceptors (Lipinski definition) is 6. The predicted molar refractivity (Wildman–Crippen MR) is 94.6 cm³/mol. The molecule has 26 heavy (non-hydrogen) atoms. The van der Waals surface area contributed by atoms with Crippen molar-refractivity contribution in [1.29, 1.82) is 0 Å². The predicted octanol–water partition coefficient (Wildman–Crippen LogP) is 0.677. The van der Waals surface area contributed by atoms with Crippen molar-refractivity contribution in [1.82, 2.24) is 10.2 Å². The van der Waals surface area contributed by atoms with Gasteiger partial charge in [-0.05, 0) is 38.4 Å². The van der Waals surface area contributed by atoms with E-state index < -0.39 is 4.92 Å². The Balaban J connectivity index is 1.62. The largest absolute Gasteiger partial charge is 0.484 e. The number of carbonyl (C=O) groups is 2. The van der Waals surface area contributed by atoms with Gasteiger partial charge in [-0.2, -0.15) is 0 Å². The fraction of sp³-hybridized carbons (Fsp3) is 0.529. The first-order valence-corrected chi connectivity index (χ1v) is 8.61. The number of rotatable bonds is 9. The van der Waals surface area contributed by atoms with Crippen LogP contribution in [0.15, 0.2) is 24.3 Å². The lowest BCUT2D eigenvalue weighted by Crippen LogP contribution is -2.42. The molecule has 1 fully saturated rings. The van der Waals surface area contributed by atoms with Crippen LogP contribution in [0.1, 0.15) is 19.3 Å². The number of nitro benzene ring substituents is 1. The van der Waals surface area contributed by atoms with E-state index in [4.69, 9.17) is 10.5 Å². The Labute approximate surface area is 151 Å². The summed E-state index contributed by atoms with van der Waals surface area (Å²) in [4.78, 5) is 35.4. The van der Waals surface area contributed by atoms with Gasteiger partial charge in [0.15, 0.2) is 6.61 Å². The van der Waals surface area contributed by atoms with Crippen LogP contribution < -0.4 is 15.8 Å². The molecule has 0 aliphatic carbocycles. The van der Waals surface area contributed by atoms with Crippen LogP contribution in [-0.2, 0) is 9.59 Å². The molecule has 0 spiro atoms. The summed E-state index contributed by atoms with van der Waals surface area (Å²) in [6.07, 6.45) is 2.56. The van der Waals surface area contributed by atoms with Crippen molar-refractivity contribution in [3.63, 3.8) is 0 Å². The maximum absolute atomic E-state index is 11.8. The Bertz CT molecular complexity index is 652. The van der Waals surface area contributed by atoms with Crippen molar-refractivity contribution in [2.75, 3.05) is 32.8 Å². The van der Waals surface area contributed by atoms with Crippen LogP contribution in [-0.4, -0.2) is 54.4 Å². The Kier molecular flexibility index (Phi) is 7.34. The third-order valence-corrected chi connectivity index (χ3v) is 4.28. The first-order chi connectivity index (χ1) is 12.5. The molecule has 1 atom stereocenters. The molecule has 1 unspecified atom stereocenters. The highest BCUT2D eigenvalue weighted by Gasteiger charge is 2.23. The number of likely N-dealkylation sites (tertiary alicyclic amines) is 1. The average Bonchev–Trinajstić information content (AvgIpc) is 2.64. The number of non-ortho nitro benzene ring substituents is 1. The van der Waals surface area contributed by atoms with Gasteiger partial charge in [-0.15, -0.1) is 0 Å². The second-order valence-corrected chi connectivity index (χ2v) is 6.29. The zero-order chi connectivity index (χ0) is 18.9. The molecule has 2 rings (SSSR count). The molecule has 9 nitrogen and oxygen atoms in total. The molecule has 0 radical (unpaired) electrons. The summed E-state index contributed by atoms with van der Waals surface area (Å²) in [5.41, 5.74) is 5.27. The second-order valence-electron chi connectivity index (χ2n) is 6.29. The minimum Gasteiger partial charge on any atom is -0.484 e. The molecule has 1 aromatic carbocycles. The molecular formula is C17H24N4O5. The smallest absolute Gasteiger partial charge is 0.273 e. The minimum absolute atomic E-state index is 0.0818. The van der Waals surface area contributed by atoms with Crippen LogP contribution in [0, 0.1) is 16.0 Å². The molecule has 1 aliphatic rings.